The van der Waals surface area contributed by atoms with Crippen LogP contribution in [0.1, 0.15) is 37.3 Å². The largest absolute Gasteiger partial charge is 0.326 e. The van der Waals surface area contributed by atoms with Crippen molar-refractivity contribution in [2.24, 2.45) is 11.7 Å². The van der Waals surface area contributed by atoms with E-state index in [1.807, 2.05) is 0 Å². The van der Waals surface area contributed by atoms with Gasteiger partial charge in [0, 0.05) is 19.6 Å². The molecule has 18 heavy (non-hydrogen) atoms. The molecule has 0 amide bonds. The van der Waals surface area contributed by atoms with E-state index in [0.29, 0.717) is 6.54 Å². The fourth-order valence-corrected chi connectivity index (χ4v) is 2.70. The van der Waals surface area contributed by atoms with Gasteiger partial charge in [0.2, 0.25) is 0 Å². The molecule has 1 fully saturated rings. The van der Waals surface area contributed by atoms with Crippen molar-refractivity contribution in [2.75, 3.05) is 19.6 Å². The third-order valence-corrected chi connectivity index (χ3v) is 4.22. The van der Waals surface area contributed by atoms with Gasteiger partial charge in [-0.15, -0.1) is 0 Å². The molecule has 0 aromatic heterocycles. The molecule has 0 aliphatic heterocycles. The minimum Gasteiger partial charge on any atom is -0.326 e. The molecule has 1 saturated carbocycles. The fraction of sp³-hybridized carbons (Fsp3) is 0.625. The van der Waals surface area contributed by atoms with Gasteiger partial charge < -0.3 is 10.6 Å². The number of nitrogens with two attached hydrogens (primary N) is 1. The van der Waals surface area contributed by atoms with Crippen LogP contribution < -0.4 is 5.73 Å². The van der Waals surface area contributed by atoms with Gasteiger partial charge in [-0.1, -0.05) is 37.6 Å². The van der Waals surface area contributed by atoms with Crippen LogP contribution >= 0.6 is 0 Å². The highest BCUT2D eigenvalue weighted by Gasteiger charge is 2.19. The molecule has 0 unspecified atom stereocenters. The average molecular weight is 246 g/mol. The van der Waals surface area contributed by atoms with E-state index in [0.717, 1.165) is 12.3 Å². The van der Waals surface area contributed by atoms with Crippen LogP contribution in [0.25, 0.3) is 0 Å². The van der Waals surface area contributed by atoms with E-state index < -0.39 is 0 Å². The smallest absolute Gasteiger partial charge is 0.0180 e. The number of likely N-dealkylation sites (N-methyl/N-ethyl adjacent to an activating group) is 1. The molecule has 1 aromatic carbocycles. The number of rotatable bonds is 7. The van der Waals surface area contributed by atoms with Gasteiger partial charge in [0.05, 0.1) is 0 Å². The normalized spacial score (nSPS) is 15.9. The quantitative estimate of drug-likeness (QED) is 0.801. The summed E-state index contributed by atoms with van der Waals surface area (Å²) in [5.74, 6) is 0.967. The van der Waals surface area contributed by atoms with E-state index in [1.165, 1.54) is 50.0 Å². The minimum absolute atomic E-state index is 0.658. The molecule has 100 valence electrons. The second-order valence-electron chi connectivity index (χ2n) is 5.41. The first-order chi connectivity index (χ1) is 8.83. The van der Waals surface area contributed by atoms with Crippen molar-refractivity contribution < 1.29 is 0 Å². The molecule has 0 radical (unpaired) electrons. The molecule has 2 N–H and O–H groups in total. The summed E-state index contributed by atoms with van der Waals surface area (Å²) in [6, 6.07) is 8.57. The second kappa shape index (κ2) is 6.91. The molecule has 1 aliphatic rings. The lowest BCUT2D eigenvalue weighted by Gasteiger charge is -2.31. The van der Waals surface area contributed by atoms with E-state index in [2.05, 4.69) is 36.1 Å². The standard InChI is InChI=1S/C16H26N2/c1-2-18(13-14-6-5-7-14)11-10-15-8-3-4-9-16(15)12-17/h3-4,8-9,14H,2,5-7,10-13,17H2,1H3. The van der Waals surface area contributed by atoms with Crippen LogP contribution in [0.2, 0.25) is 0 Å². The summed E-state index contributed by atoms with van der Waals surface area (Å²) >= 11 is 0. The molecule has 0 saturated heterocycles. The predicted octanol–water partition coefficient (Wildman–Crippen LogP) is 2.81. The first kappa shape index (κ1) is 13.6. The van der Waals surface area contributed by atoms with Crippen LogP contribution in [0.3, 0.4) is 0 Å². The molecule has 0 bridgehead atoms. The summed E-state index contributed by atoms with van der Waals surface area (Å²) in [7, 11) is 0. The van der Waals surface area contributed by atoms with Crippen LogP contribution in [0, 0.1) is 5.92 Å². The zero-order valence-electron chi connectivity index (χ0n) is 11.6. The lowest BCUT2D eigenvalue weighted by Crippen LogP contribution is -2.34. The number of nitrogens with zero attached hydrogens (tertiary/aromatic N) is 1. The molecule has 0 heterocycles. The van der Waals surface area contributed by atoms with Gasteiger partial charge in [-0.25, -0.2) is 0 Å². The van der Waals surface area contributed by atoms with Gasteiger partial charge in [-0.05, 0) is 42.9 Å². The van der Waals surface area contributed by atoms with Gasteiger partial charge in [-0.2, -0.15) is 0 Å². The number of hydrogen-bond acceptors (Lipinski definition) is 2. The molecule has 2 heteroatoms. The van der Waals surface area contributed by atoms with E-state index >= 15 is 0 Å². The molecule has 2 nitrogen and oxygen atoms in total. The second-order valence-corrected chi connectivity index (χ2v) is 5.41. The Bertz CT molecular complexity index is 358. The first-order valence-electron chi connectivity index (χ1n) is 7.32. The van der Waals surface area contributed by atoms with Crippen LogP contribution in [-0.2, 0) is 13.0 Å². The van der Waals surface area contributed by atoms with E-state index in [1.54, 1.807) is 0 Å². The predicted molar refractivity (Wildman–Crippen MR) is 77.5 cm³/mol. The molecular formula is C16H26N2. The van der Waals surface area contributed by atoms with Gasteiger partial charge in [0.15, 0.2) is 0 Å². The fourth-order valence-electron chi connectivity index (χ4n) is 2.70. The van der Waals surface area contributed by atoms with Crippen LogP contribution in [-0.4, -0.2) is 24.5 Å². The Morgan fingerprint density at radius 1 is 1.22 bits per heavy atom. The highest BCUT2D eigenvalue weighted by molar-refractivity contribution is 5.27. The Kier molecular flexibility index (Phi) is 5.21. The van der Waals surface area contributed by atoms with Crippen LogP contribution in [0.5, 0.6) is 0 Å². The Hall–Kier alpha value is -0.860. The van der Waals surface area contributed by atoms with Crippen molar-refractivity contribution in [1.82, 2.24) is 4.90 Å². The van der Waals surface area contributed by atoms with Gasteiger partial charge in [-0.3, -0.25) is 0 Å². The van der Waals surface area contributed by atoms with Gasteiger partial charge >= 0.3 is 0 Å². The van der Waals surface area contributed by atoms with E-state index in [-0.39, 0.29) is 0 Å². The highest BCUT2D eigenvalue weighted by atomic mass is 15.1. The third kappa shape index (κ3) is 3.56. The Labute approximate surface area is 111 Å². The minimum atomic E-state index is 0.658. The van der Waals surface area contributed by atoms with Crippen LogP contribution in [0.4, 0.5) is 0 Å². The van der Waals surface area contributed by atoms with Gasteiger partial charge in [0.25, 0.3) is 0 Å². The maximum atomic E-state index is 5.79. The molecular weight excluding hydrogens is 220 g/mol. The SMILES string of the molecule is CCN(CCc1ccccc1CN)CC1CCC1. The molecule has 2 rings (SSSR count). The lowest BCUT2D eigenvalue weighted by molar-refractivity contribution is 0.185. The summed E-state index contributed by atoms with van der Waals surface area (Å²) in [5.41, 5.74) is 8.51. The van der Waals surface area contributed by atoms with Crippen molar-refractivity contribution in [3.8, 4) is 0 Å². The van der Waals surface area contributed by atoms with E-state index in [4.69, 9.17) is 5.73 Å². The maximum absolute atomic E-state index is 5.79. The maximum Gasteiger partial charge on any atom is 0.0180 e. The van der Waals surface area contributed by atoms with Crippen LogP contribution in [0.15, 0.2) is 24.3 Å². The highest BCUT2D eigenvalue weighted by Crippen LogP contribution is 2.27. The molecule has 0 atom stereocenters. The summed E-state index contributed by atoms with van der Waals surface area (Å²) in [4.78, 5) is 2.59. The molecule has 1 aromatic rings. The summed E-state index contributed by atoms with van der Waals surface area (Å²) < 4.78 is 0. The lowest BCUT2D eigenvalue weighted by atomic mass is 9.85. The Morgan fingerprint density at radius 3 is 2.50 bits per heavy atom. The zero-order chi connectivity index (χ0) is 12.8. The number of benzene rings is 1. The van der Waals surface area contributed by atoms with Crippen molar-refractivity contribution in [1.29, 1.82) is 0 Å². The molecule has 0 spiro atoms. The van der Waals surface area contributed by atoms with E-state index in [9.17, 15) is 0 Å². The van der Waals surface area contributed by atoms with Crippen molar-refractivity contribution in [3.63, 3.8) is 0 Å². The summed E-state index contributed by atoms with van der Waals surface area (Å²) in [6.07, 6.45) is 5.46. The third-order valence-electron chi connectivity index (χ3n) is 4.22. The van der Waals surface area contributed by atoms with Crippen molar-refractivity contribution in [2.45, 2.75) is 39.2 Å². The number of hydrogen-bond donors (Lipinski definition) is 1. The topological polar surface area (TPSA) is 29.3 Å². The average Bonchev–Trinajstić information content (AvgIpc) is 2.37. The van der Waals surface area contributed by atoms with Crippen molar-refractivity contribution in [3.05, 3.63) is 35.4 Å². The Morgan fingerprint density at radius 2 is 1.94 bits per heavy atom. The van der Waals surface area contributed by atoms with Crippen molar-refractivity contribution >= 4 is 0 Å². The first-order valence-corrected chi connectivity index (χ1v) is 7.32. The molecule has 1 aliphatic carbocycles. The monoisotopic (exact) mass is 246 g/mol. The zero-order valence-corrected chi connectivity index (χ0v) is 11.6. The van der Waals surface area contributed by atoms with Gasteiger partial charge in [0.1, 0.15) is 0 Å². The Balaban J connectivity index is 1.84. The summed E-state index contributed by atoms with van der Waals surface area (Å²) in [6.45, 7) is 6.56. The summed E-state index contributed by atoms with van der Waals surface area (Å²) in [5, 5.41) is 0.